The molecule has 2 aliphatic heterocycles. The fourth-order valence-corrected chi connectivity index (χ4v) is 4.18. The zero-order valence-electron chi connectivity index (χ0n) is 15.6. The van der Waals surface area contributed by atoms with Crippen molar-refractivity contribution in [3.05, 3.63) is 35.9 Å². The van der Waals surface area contributed by atoms with Crippen molar-refractivity contribution >= 4 is 24.2 Å². The van der Waals surface area contributed by atoms with Gasteiger partial charge in [-0.3, -0.25) is 9.59 Å². The van der Waals surface area contributed by atoms with Crippen LogP contribution in [-0.2, 0) is 9.59 Å². The number of rotatable bonds is 4. The monoisotopic (exact) mass is 379 g/mol. The van der Waals surface area contributed by atoms with Crippen molar-refractivity contribution in [3.63, 3.8) is 0 Å². The van der Waals surface area contributed by atoms with Crippen LogP contribution >= 0.6 is 12.4 Å². The molecule has 2 saturated heterocycles. The minimum atomic E-state index is -0.235. The molecule has 0 spiro atoms. The van der Waals surface area contributed by atoms with Crippen LogP contribution in [0.25, 0.3) is 0 Å². The third-order valence-corrected chi connectivity index (χ3v) is 5.79. The molecule has 0 aromatic heterocycles. The van der Waals surface area contributed by atoms with E-state index in [0.717, 1.165) is 24.9 Å². The molecule has 2 fully saturated rings. The number of nitrogens with two attached hydrogens (primary N) is 1. The average molecular weight is 380 g/mol. The maximum atomic E-state index is 13.0. The second-order valence-corrected chi connectivity index (χ2v) is 7.58. The van der Waals surface area contributed by atoms with Crippen LogP contribution in [0.15, 0.2) is 30.3 Å². The first-order valence-electron chi connectivity index (χ1n) is 9.36. The first-order chi connectivity index (χ1) is 12.0. The topological polar surface area (TPSA) is 66.6 Å². The normalized spacial score (nSPS) is 27.2. The fraction of sp³-hybridized carbons (Fsp3) is 0.600. The predicted molar refractivity (Wildman–Crippen MR) is 105 cm³/mol. The molecule has 4 atom stereocenters. The molecule has 1 aromatic rings. The van der Waals surface area contributed by atoms with Crippen molar-refractivity contribution in [2.45, 2.75) is 45.2 Å². The van der Waals surface area contributed by atoms with Crippen molar-refractivity contribution < 1.29 is 9.59 Å². The van der Waals surface area contributed by atoms with Crippen LogP contribution < -0.4 is 5.73 Å². The van der Waals surface area contributed by atoms with Gasteiger partial charge >= 0.3 is 0 Å². The molecule has 2 amide bonds. The SMILES string of the molecule is CC1CCN(C(=O)C2CC(=O)N(C(C)c3ccccc3)C2)C(CN)C1.Cl. The van der Waals surface area contributed by atoms with Crippen molar-refractivity contribution in [2.24, 2.45) is 17.6 Å². The third-order valence-electron chi connectivity index (χ3n) is 5.79. The lowest BCUT2D eigenvalue weighted by molar-refractivity contribution is -0.139. The van der Waals surface area contributed by atoms with E-state index in [1.165, 1.54) is 0 Å². The molecule has 2 heterocycles. The Morgan fingerprint density at radius 2 is 2.00 bits per heavy atom. The Bertz CT molecular complexity index is 625. The zero-order chi connectivity index (χ0) is 18.0. The van der Waals surface area contributed by atoms with Crippen molar-refractivity contribution in [1.29, 1.82) is 0 Å². The summed E-state index contributed by atoms with van der Waals surface area (Å²) < 4.78 is 0. The van der Waals surface area contributed by atoms with Gasteiger partial charge in [0.15, 0.2) is 0 Å². The van der Waals surface area contributed by atoms with Crippen molar-refractivity contribution in [1.82, 2.24) is 9.80 Å². The quantitative estimate of drug-likeness (QED) is 0.874. The number of piperidine rings is 1. The van der Waals surface area contributed by atoms with E-state index in [-0.39, 0.29) is 42.2 Å². The molecule has 26 heavy (non-hydrogen) atoms. The van der Waals surface area contributed by atoms with E-state index in [1.807, 2.05) is 47.1 Å². The number of hydrogen-bond donors (Lipinski definition) is 1. The summed E-state index contributed by atoms with van der Waals surface area (Å²) in [6.07, 6.45) is 2.30. The van der Waals surface area contributed by atoms with Gasteiger partial charge in [0.05, 0.1) is 12.0 Å². The average Bonchev–Trinajstić information content (AvgIpc) is 3.02. The van der Waals surface area contributed by atoms with Crippen LogP contribution in [0, 0.1) is 11.8 Å². The van der Waals surface area contributed by atoms with E-state index in [1.54, 1.807) is 0 Å². The van der Waals surface area contributed by atoms with Gasteiger partial charge in [-0.15, -0.1) is 12.4 Å². The molecule has 0 aliphatic carbocycles. The molecular formula is C20H30ClN3O2. The molecule has 1 aromatic carbocycles. The Morgan fingerprint density at radius 3 is 2.65 bits per heavy atom. The van der Waals surface area contributed by atoms with Crippen LogP contribution in [0.2, 0.25) is 0 Å². The van der Waals surface area contributed by atoms with Gasteiger partial charge in [-0.05, 0) is 31.2 Å². The molecule has 2 N–H and O–H groups in total. The van der Waals surface area contributed by atoms with Crippen molar-refractivity contribution in [3.8, 4) is 0 Å². The lowest BCUT2D eigenvalue weighted by Crippen LogP contribution is -2.51. The highest BCUT2D eigenvalue weighted by Gasteiger charge is 2.41. The second-order valence-electron chi connectivity index (χ2n) is 7.58. The van der Waals surface area contributed by atoms with Gasteiger partial charge in [0.1, 0.15) is 0 Å². The third kappa shape index (κ3) is 4.21. The molecule has 144 valence electrons. The Morgan fingerprint density at radius 1 is 1.31 bits per heavy atom. The number of carbonyl (C=O) groups excluding carboxylic acids is 2. The predicted octanol–water partition coefficient (Wildman–Crippen LogP) is 2.60. The molecule has 2 aliphatic rings. The summed E-state index contributed by atoms with van der Waals surface area (Å²) in [6, 6.07) is 10.1. The summed E-state index contributed by atoms with van der Waals surface area (Å²) in [6.45, 7) is 6.02. The largest absolute Gasteiger partial charge is 0.338 e. The number of likely N-dealkylation sites (tertiary alicyclic amines) is 2. The van der Waals surface area contributed by atoms with Gasteiger partial charge in [-0.2, -0.15) is 0 Å². The van der Waals surface area contributed by atoms with Crippen LogP contribution in [-0.4, -0.2) is 47.3 Å². The van der Waals surface area contributed by atoms with E-state index >= 15 is 0 Å². The van der Waals surface area contributed by atoms with Gasteiger partial charge in [0, 0.05) is 32.1 Å². The van der Waals surface area contributed by atoms with Gasteiger partial charge in [0.2, 0.25) is 11.8 Å². The number of carbonyl (C=O) groups is 2. The molecule has 0 bridgehead atoms. The van der Waals surface area contributed by atoms with Crippen LogP contribution in [0.5, 0.6) is 0 Å². The highest BCUT2D eigenvalue weighted by Crippen LogP contribution is 2.31. The maximum absolute atomic E-state index is 13.0. The second kappa shape index (κ2) is 8.87. The Balaban J connectivity index is 0.00000243. The summed E-state index contributed by atoms with van der Waals surface area (Å²) >= 11 is 0. The Kier molecular flexibility index (Phi) is 7.07. The number of benzene rings is 1. The van der Waals surface area contributed by atoms with Gasteiger partial charge < -0.3 is 15.5 Å². The number of halogens is 1. The minimum Gasteiger partial charge on any atom is -0.338 e. The van der Waals surface area contributed by atoms with E-state index < -0.39 is 0 Å². The first-order valence-corrected chi connectivity index (χ1v) is 9.36. The first kappa shape index (κ1) is 20.7. The lowest BCUT2D eigenvalue weighted by atomic mass is 9.91. The summed E-state index contributed by atoms with van der Waals surface area (Å²) in [5.74, 6) is 0.557. The highest BCUT2D eigenvalue weighted by atomic mass is 35.5. The lowest BCUT2D eigenvalue weighted by Gasteiger charge is -2.39. The van der Waals surface area contributed by atoms with E-state index in [2.05, 4.69) is 6.92 Å². The number of hydrogen-bond acceptors (Lipinski definition) is 3. The van der Waals surface area contributed by atoms with Gasteiger partial charge in [-0.1, -0.05) is 37.3 Å². The van der Waals surface area contributed by atoms with Crippen LogP contribution in [0.1, 0.15) is 44.7 Å². The maximum Gasteiger partial charge on any atom is 0.228 e. The zero-order valence-corrected chi connectivity index (χ0v) is 16.5. The number of nitrogens with zero attached hydrogens (tertiary/aromatic N) is 2. The fourth-order valence-electron chi connectivity index (χ4n) is 4.18. The van der Waals surface area contributed by atoms with Crippen LogP contribution in [0.3, 0.4) is 0 Å². The Hall–Kier alpha value is -1.59. The standard InChI is InChI=1S/C20H29N3O2.ClH/c1-14-8-9-22(18(10-14)12-21)20(25)17-11-19(24)23(13-17)15(2)16-6-4-3-5-7-16;/h3-7,14-15,17-18H,8-13,21H2,1-2H3;1H. The van der Waals surface area contributed by atoms with E-state index in [9.17, 15) is 9.59 Å². The van der Waals surface area contributed by atoms with Crippen molar-refractivity contribution in [2.75, 3.05) is 19.6 Å². The molecule has 6 heteroatoms. The summed E-state index contributed by atoms with van der Waals surface area (Å²) in [4.78, 5) is 29.3. The number of amides is 2. The Labute approximate surface area is 162 Å². The van der Waals surface area contributed by atoms with Gasteiger partial charge in [0.25, 0.3) is 0 Å². The summed E-state index contributed by atoms with van der Waals surface area (Å²) in [5, 5.41) is 0. The highest BCUT2D eigenvalue weighted by molar-refractivity contribution is 5.89. The molecule has 0 saturated carbocycles. The molecule has 5 nitrogen and oxygen atoms in total. The minimum absolute atomic E-state index is 0. The van der Waals surface area contributed by atoms with E-state index in [0.29, 0.717) is 25.4 Å². The molecular weight excluding hydrogens is 350 g/mol. The smallest absolute Gasteiger partial charge is 0.228 e. The summed E-state index contributed by atoms with van der Waals surface area (Å²) in [5.41, 5.74) is 7.01. The summed E-state index contributed by atoms with van der Waals surface area (Å²) in [7, 11) is 0. The van der Waals surface area contributed by atoms with E-state index in [4.69, 9.17) is 5.73 Å². The molecule has 3 rings (SSSR count). The molecule has 0 radical (unpaired) electrons. The van der Waals surface area contributed by atoms with Crippen LogP contribution in [0.4, 0.5) is 0 Å². The molecule has 4 unspecified atom stereocenters. The van der Waals surface area contributed by atoms with Gasteiger partial charge in [-0.25, -0.2) is 0 Å².